The Morgan fingerprint density at radius 3 is 2.83 bits per heavy atom. The summed E-state index contributed by atoms with van der Waals surface area (Å²) in [4.78, 5) is 21.0. The molecule has 2 fully saturated rings. The molecule has 0 spiro atoms. The molecule has 2 aliphatic heterocycles. The number of amides is 1. The highest BCUT2D eigenvalue weighted by Gasteiger charge is 2.53. The van der Waals surface area contributed by atoms with Gasteiger partial charge in [0.05, 0.1) is 19.4 Å². The molecule has 0 aliphatic carbocycles. The van der Waals surface area contributed by atoms with Crippen molar-refractivity contribution in [2.24, 2.45) is 17.3 Å². The summed E-state index contributed by atoms with van der Waals surface area (Å²) in [5, 5.41) is 10.0. The zero-order valence-electron chi connectivity index (χ0n) is 14.7. The Balaban J connectivity index is 1.67. The van der Waals surface area contributed by atoms with Gasteiger partial charge in [-0.05, 0) is 12.0 Å². The first-order valence-electron chi connectivity index (χ1n) is 8.59. The standard InChI is InChI=1S/C18H27N3O3/c1-13(2)17(23)21-8-14-7-20(10-18(14,11-21)12-22)9-15-5-4-6-16(19-15)24-3/h4-6,13-14,22H,7-12H2,1-3H3/t14-,18+/m0/s1. The fourth-order valence-electron chi connectivity index (χ4n) is 4.06. The molecule has 1 aromatic heterocycles. The Hall–Kier alpha value is -1.66. The van der Waals surface area contributed by atoms with Crippen LogP contribution in [-0.2, 0) is 11.3 Å². The molecule has 1 aromatic rings. The smallest absolute Gasteiger partial charge is 0.225 e. The number of aliphatic hydroxyl groups excluding tert-OH is 1. The van der Waals surface area contributed by atoms with Crippen molar-refractivity contribution in [3.05, 3.63) is 23.9 Å². The van der Waals surface area contributed by atoms with Gasteiger partial charge in [-0.1, -0.05) is 19.9 Å². The molecular weight excluding hydrogens is 306 g/mol. The van der Waals surface area contributed by atoms with E-state index >= 15 is 0 Å². The molecule has 2 saturated heterocycles. The molecule has 6 heteroatoms. The zero-order chi connectivity index (χ0) is 17.3. The van der Waals surface area contributed by atoms with Gasteiger partial charge in [0.15, 0.2) is 0 Å². The zero-order valence-corrected chi connectivity index (χ0v) is 14.7. The molecule has 2 atom stereocenters. The lowest BCUT2D eigenvalue weighted by Crippen LogP contribution is -2.40. The Morgan fingerprint density at radius 1 is 1.42 bits per heavy atom. The third kappa shape index (κ3) is 3.13. The van der Waals surface area contributed by atoms with Gasteiger partial charge < -0.3 is 14.7 Å². The second kappa shape index (κ2) is 6.69. The highest BCUT2D eigenvalue weighted by atomic mass is 16.5. The van der Waals surface area contributed by atoms with Crippen molar-refractivity contribution < 1.29 is 14.6 Å². The van der Waals surface area contributed by atoms with Gasteiger partial charge in [-0.3, -0.25) is 9.69 Å². The quantitative estimate of drug-likeness (QED) is 0.871. The average Bonchev–Trinajstić information content (AvgIpc) is 3.08. The molecule has 0 bridgehead atoms. The molecule has 0 radical (unpaired) electrons. The van der Waals surface area contributed by atoms with Gasteiger partial charge in [0.2, 0.25) is 11.8 Å². The number of methoxy groups -OCH3 is 1. The second-order valence-corrected chi connectivity index (χ2v) is 7.43. The van der Waals surface area contributed by atoms with E-state index in [1.165, 1.54) is 0 Å². The summed E-state index contributed by atoms with van der Waals surface area (Å²) in [6, 6.07) is 5.78. The number of aliphatic hydroxyl groups is 1. The molecule has 3 heterocycles. The maximum absolute atomic E-state index is 12.3. The van der Waals surface area contributed by atoms with Crippen molar-refractivity contribution in [3.8, 4) is 5.88 Å². The van der Waals surface area contributed by atoms with Crippen LogP contribution in [0.3, 0.4) is 0 Å². The van der Waals surface area contributed by atoms with Crippen molar-refractivity contribution in [2.45, 2.75) is 20.4 Å². The maximum Gasteiger partial charge on any atom is 0.225 e. The van der Waals surface area contributed by atoms with E-state index in [4.69, 9.17) is 4.74 Å². The summed E-state index contributed by atoms with van der Waals surface area (Å²) in [6.45, 7) is 7.84. The molecular formula is C18H27N3O3. The predicted octanol–water partition coefficient (Wildman–Crippen LogP) is 0.999. The van der Waals surface area contributed by atoms with Gasteiger partial charge in [0.1, 0.15) is 0 Å². The number of likely N-dealkylation sites (tertiary alicyclic amines) is 2. The summed E-state index contributed by atoms with van der Waals surface area (Å²) in [7, 11) is 1.62. The molecule has 0 aromatic carbocycles. The Kier molecular flexibility index (Phi) is 4.78. The summed E-state index contributed by atoms with van der Waals surface area (Å²) >= 11 is 0. The van der Waals surface area contributed by atoms with Gasteiger partial charge in [0, 0.05) is 50.1 Å². The van der Waals surface area contributed by atoms with Crippen LogP contribution in [0.4, 0.5) is 0 Å². The lowest BCUT2D eigenvalue weighted by Gasteiger charge is -2.28. The molecule has 2 aliphatic rings. The first-order valence-corrected chi connectivity index (χ1v) is 8.59. The fraction of sp³-hybridized carbons (Fsp3) is 0.667. The van der Waals surface area contributed by atoms with Crippen LogP contribution >= 0.6 is 0 Å². The number of hydrogen-bond acceptors (Lipinski definition) is 5. The fourth-order valence-corrected chi connectivity index (χ4v) is 4.06. The number of hydrogen-bond donors (Lipinski definition) is 1. The van der Waals surface area contributed by atoms with Crippen LogP contribution in [0.15, 0.2) is 18.2 Å². The number of carbonyl (C=O) groups is 1. The van der Waals surface area contributed by atoms with Crippen molar-refractivity contribution in [1.29, 1.82) is 0 Å². The van der Waals surface area contributed by atoms with E-state index in [9.17, 15) is 9.90 Å². The van der Waals surface area contributed by atoms with E-state index < -0.39 is 0 Å². The van der Waals surface area contributed by atoms with Crippen LogP contribution in [0.2, 0.25) is 0 Å². The minimum Gasteiger partial charge on any atom is -0.481 e. The van der Waals surface area contributed by atoms with Crippen LogP contribution in [0.1, 0.15) is 19.5 Å². The first-order chi connectivity index (χ1) is 11.5. The third-order valence-corrected chi connectivity index (χ3v) is 5.33. The van der Waals surface area contributed by atoms with Gasteiger partial charge in [-0.2, -0.15) is 0 Å². The van der Waals surface area contributed by atoms with Crippen LogP contribution in [0, 0.1) is 17.3 Å². The molecule has 24 heavy (non-hydrogen) atoms. The normalized spacial score (nSPS) is 26.9. The Labute approximate surface area is 143 Å². The molecule has 0 unspecified atom stereocenters. The number of pyridine rings is 1. The van der Waals surface area contributed by atoms with Gasteiger partial charge >= 0.3 is 0 Å². The van der Waals surface area contributed by atoms with Crippen LogP contribution in [-0.4, -0.2) is 65.7 Å². The second-order valence-electron chi connectivity index (χ2n) is 7.43. The number of nitrogens with zero attached hydrogens (tertiary/aromatic N) is 3. The molecule has 6 nitrogen and oxygen atoms in total. The average molecular weight is 333 g/mol. The highest BCUT2D eigenvalue weighted by Crippen LogP contribution is 2.42. The van der Waals surface area contributed by atoms with Crippen molar-refractivity contribution >= 4 is 5.91 Å². The SMILES string of the molecule is COc1cccc(CN2C[C@H]3CN(C(=O)C(C)C)C[C@@]3(CO)C2)n1. The number of fused-ring (bicyclic) bond motifs is 1. The van der Waals surface area contributed by atoms with E-state index in [0.29, 0.717) is 18.3 Å². The minimum atomic E-state index is -0.191. The topological polar surface area (TPSA) is 65.9 Å². The molecule has 1 N–H and O–H groups in total. The summed E-state index contributed by atoms with van der Waals surface area (Å²) in [6.07, 6.45) is 0. The number of rotatable bonds is 5. The summed E-state index contributed by atoms with van der Waals surface area (Å²) in [5.41, 5.74) is 0.779. The van der Waals surface area contributed by atoms with E-state index in [-0.39, 0.29) is 23.8 Å². The lowest BCUT2D eigenvalue weighted by molar-refractivity contribution is -0.134. The van der Waals surface area contributed by atoms with Gasteiger partial charge in [0.25, 0.3) is 0 Å². The maximum atomic E-state index is 12.3. The first kappa shape index (κ1) is 17.2. The van der Waals surface area contributed by atoms with E-state index in [1.54, 1.807) is 7.11 Å². The number of aromatic nitrogens is 1. The Bertz CT molecular complexity index is 607. The van der Waals surface area contributed by atoms with E-state index in [2.05, 4.69) is 9.88 Å². The lowest BCUT2D eigenvalue weighted by atomic mass is 9.82. The van der Waals surface area contributed by atoms with Crippen molar-refractivity contribution in [2.75, 3.05) is 39.9 Å². The monoisotopic (exact) mass is 333 g/mol. The van der Waals surface area contributed by atoms with Crippen molar-refractivity contribution in [1.82, 2.24) is 14.8 Å². The van der Waals surface area contributed by atoms with E-state index in [1.807, 2.05) is 36.9 Å². The summed E-state index contributed by atoms with van der Waals surface area (Å²) in [5.74, 6) is 1.16. The molecule has 132 valence electrons. The van der Waals surface area contributed by atoms with Crippen LogP contribution in [0.5, 0.6) is 5.88 Å². The van der Waals surface area contributed by atoms with Gasteiger partial charge in [-0.25, -0.2) is 4.98 Å². The molecule has 3 rings (SSSR count). The highest BCUT2D eigenvalue weighted by molar-refractivity contribution is 5.78. The number of carbonyl (C=O) groups excluding carboxylic acids is 1. The number of ether oxygens (including phenoxy) is 1. The van der Waals surface area contributed by atoms with Gasteiger partial charge in [-0.15, -0.1) is 0 Å². The Morgan fingerprint density at radius 2 is 2.21 bits per heavy atom. The molecule has 0 saturated carbocycles. The predicted molar refractivity (Wildman–Crippen MR) is 90.5 cm³/mol. The van der Waals surface area contributed by atoms with Crippen LogP contribution < -0.4 is 4.74 Å². The van der Waals surface area contributed by atoms with Crippen LogP contribution in [0.25, 0.3) is 0 Å². The minimum absolute atomic E-state index is 0.0108. The largest absolute Gasteiger partial charge is 0.481 e. The van der Waals surface area contributed by atoms with E-state index in [0.717, 1.165) is 31.9 Å². The molecule has 1 amide bonds. The summed E-state index contributed by atoms with van der Waals surface area (Å²) < 4.78 is 5.18. The third-order valence-electron chi connectivity index (χ3n) is 5.33. The van der Waals surface area contributed by atoms with Crippen molar-refractivity contribution in [3.63, 3.8) is 0 Å².